The normalized spacial score (nSPS) is 14.0. The minimum Gasteiger partial charge on any atom is -0.315 e. The summed E-state index contributed by atoms with van der Waals surface area (Å²) in [5.41, 5.74) is 4.38. The Morgan fingerprint density at radius 2 is 1.86 bits per heavy atom. The number of carbonyl (C=O) groups excluding carboxylic acids is 2. The molecule has 0 saturated carbocycles. The molecule has 0 unspecified atom stereocenters. The topological polar surface area (TPSA) is 37.4 Å². The minimum atomic E-state index is 0.0375. The number of hydrogen-bond acceptors (Lipinski definition) is 2. The number of hydrogen-bond donors (Lipinski definition) is 0. The van der Waals surface area contributed by atoms with Crippen LogP contribution in [0.2, 0.25) is 0 Å². The quantitative estimate of drug-likeness (QED) is 0.792. The van der Waals surface area contributed by atoms with E-state index in [4.69, 9.17) is 0 Å². The number of amides is 1. The second-order valence-corrected chi connectivity index (χ2v) is 5.44. The van der Waals surface area contributed by atoms with E-state index in [1.165, 1.54) is 0 Å². The average Bonchev–Trinajstić information content (AvgIpc) is 2.50. The van der Waals surface area contributed by atoms with E-state index in [2.05, 4.69) is 0 Å². The van der Waals surface area contributed by atoms with Crippen LogP contribution in [0, 0.1) is 6.92 Å². The Morgan fingerprint density at radius 3 is 2.62 bits per heavy atom. The van der Waals surface area contributed by atoms with Crippen LogP contribution < -0.4 is 4.90 Å². The maximum Gasteiger partial charge on any atom is 0.227 e. The fraction of sp³-hybridized carbons (Fsp3) is 0.222. The van der Waals surface area contributed by atoms with Gasteiger partial charge in [0.2, 0.25) is 5.91 Å². The fourth-order valence-corrected chi connectivity index (χ4v) is 2.78. The lowest BCUT2D eigenvalue weighted by Gasteiger charge is -2.26. The number of fused-ring (bicyclic) bond motifs is 1. The van der Waals surface area contributed by atoms with Gasteiger partial charge in [0.1, 0.15) is 0 Å². The van der Waals surface area contributed by atoms with Gasteiger partial charge in [-0.15, -0.1) is 0 Å². The Bertz CT molecular complexity index is 734. The molecule has 0 fully saturated rings. The van der Waals surface area contributed by atoms with Crippen molar-refractivity contribution in [2.75, 3.05) is 11.9 Å². The number of carbonyl (C=O) groups is 2. The van der Waals surface area contributed by atoms with E-state index >= 15 is 0 Å². The van der Waals surface area contributed by atoms with Gasteiger partial charge in [-0.25, -0.2) is 0 Å². The van der Waals surface area contributed by atoms with Crippen molar-refractivity contribution in [3.05, 3.63) is 64.7 Å². The maximum absolute atomic E-state index is 12.6. The largest absolute Gasteiger partial charge is 0.315 e. The zero-order valence-electron chi connectivity index (χ0n) is 12.2. The number of benzene rings is 2. The van der Waals surface area contributed by atoms with Crippen LogP contribution in [-0.2, 0) is 11.2 Å². The molecule has 1 aliphatic heterocycles. The third kappa shape index (κ3) is 2.35. The molecule has 3 rings (SSSR count). The van der Waals surface area contributed by atoms with Gasteiger partial charge in [0.25, 0.3) is 0 Å². The van der Waals surface area contributed by atoms with E-state index in [9.17, 15) is 9.59 Å². The number of nitrogens with zero attached hydrogens (tertiary/aromatic N) is 1. The molecule has 106 valence electrons. The summed E-state index contributed by atoms with van der Waals surface area (Å²) in [6, 6.07) is 13.2. The van der Waals surface area contributed by atoms with E-state index < -0.39 is 0 Å². The summed E-state index contributed by atoms with van der Waals surface area (Å²) in [7, 11) is 1.78. The van der Waals surface area contributed by atoms with Crippen LogP contribution in [-0.4, -0.2) is 18.7 Å². The summed E-state index contributed by atoms with van der Waals surface area (Å²) in [6.45, 7) is 1.94. The predicted octanol–water partition coefficient (Wildman–Crippen LogP) is 3.14. The summed E-state index contributed by atoms with van der Waals surface area (Å²) in [5, 5.41) is 0. The van der Waals surface area contributed by atoms with Crippen molar-refractivity contribution < 1.29 is 9.59 Å². The standard InChI is InChI=1S/C18H17NO2/c1-12-5-3-4-6-15(12)18(21)14-7-9-16-13(11-14)8-10-17(20)19(16)2/h3-7,9,11H,8,10H2,1-2H3. The highest BCUT2D eigenvalue weighted by Crippen LogP contribution is 2.28. The van der Waals surface area contributed by atoms with Crippen LogP contribution in [0.3, 0.4) is 0 Å². The summed E-state index contributed by atoms with van der Waals surface area (Å²) in [4.78, 5) is 26.0. The second-order valence-electron chi connectivity index (χ2n) is 5.44. The molecule has 0 aliphatic carbocycles. The van der Waals surface area contributed by atoms with Gasteiger partial charge in [0.15, 0.2) is 5.78 Å². The highest BCUT2D eigenvalue weighted by atomic mass is 16.2. The summed E-state index contributed by atoms with van der Waals surface area (Å²) < 4.78 is 0. The molecule has 3 nitrogen and oxygen atoms in total. The van der Waals surface area contributed by atoms with E-state index in [0.717, 1.165) is 22.4 Å². The lowest BCUT2D eigenvalue weighted by molar-refractivity contribution is -0.118. The molecule has 0 atom stereocenters. The van der Waals surface area contributed by atoms with Crippen molar-refractivity contribution in [1.82, 2.24) is 0 Å². The number of rotatable bonds is 2. The van der Waals surface area contributed by atoms with Crippen molar-refractivity contribution in [1.29, 1.82) is 0 Å². The molecule has 2 aromatic carbocycles. The molecule has 0 saturated heterocycles. The highest BCUT2D eigenvalue weighted by molar-refractivity contribution is 6.10. The Labute approximate surface area is 124 Å². The molecule has 1 heterocycles. The van der Waals surface area contributed by atoms with E-state index in [1.54, 1.807) is 11.9 Å². The van der Waals surface area contributed by atoms with Crippen molar-refractivity contribution >= 4 is 17.4 Å². The van der Waals surface area contributed by atoms with Crippen LogP contribution in [0.25, 0.3) is 0 Å². The molecule has 0 bridgehead atoms. The van der Waals surface area contributed by atoms with Crippen molar-refractivity contribution in [3.63, 3.8) is 0 Å². The molecule has 0 N–H and O–H groups in total. The molecule has 21 heavy (non-hydrogen) atoms. The van der Waals surface area contributed by atoms with Gasteiger partial charge in [0.05, 0.1) is 0 Å². The predicted molar refractivity (Wildman–Crippen MR) is 82.8 cm³/mol. The van der Waals surface area contributed by atoms with Gasteiger partial charge in [-0.05, 0) is 42.7 Å². The third-order valence-electron chi connectivity index (χ3n) is 4.08. The molecule has 0 spiro atoms. The first kappa shape index (κ1) is 13.6. The lowest BCUT2D eigenvalue weighted by atomic mass is 9.94. The molecule has 0 aromatic heterocycles. The Kier molecular flexibility index (Phi) is 3.34. The highest BCUT2D eigenvalue weighted by Gasteiger charge is 2.22. The Balaban J connectivity index is 2.00. The van der Waals surface area contributed by atoms with E-state index in [0.29, 0.717) is 18.4 Å². The fourth-order valence-electron chi connectivity index (χ4n) is 2.78. The molecule has 2 aromatic rings. The minimum absolute atomic E-state index is 0.0375. The first-order valence-electron chi connectivity index (χ1n) is 7.08. The summed E-state index contributed by atoms with van der Waals surface area (Å²) in [5.74, 6) is 0.163. The van der Waals surface area contributed by atoms with Crippen LogP contribution in [0.4, 0.5) is 5.69 Å². The van der Waals surface area contributed by atoms with E-state index in [1.807, 2.05) is 49.4 Å². The lowest BCUT2D eigenvalue weighted by Crippen LogP contribution is -2.31. The summed E-state index contributed by atoms with van der Waals surface area (Å²) in [6.07, 6.45) is 1.21. The zero-order chi connectivity index (χ0) is 15.0. The molecular formula is C18H17NO2. The SMILES string of the molecule is Cc1ccccc1C(=O)c1ccc2c(c1)CCC(=O)N2C. The number of ketones is 1. The average molecular weight is 279 g/mol. The second kappa shape index (κ2) is 5.17. The Hall–Kier alpha value is -2.42. The van der Waals surface area contributed by atoms with E-state index in [-0.39, 0.29) is 11.7 Å². The third-order valence-corrected chi connectivity index (χ3v) is 4.08. The van der Waals surface area contributed by atoms with Gasteiger partial charge in [-0.2, -0.15) is 0 Å². The van der Waals surface area contributed by atoms with Gasteiger partial charge >= 0.3 is 0 Å². The van der Waals surface area contributed by atoms with Crippen molar-refractivity contribution in [2.24, 2.45) is 0 Å². The molecule has 1 amide bonds. The number of anilines is 1. The van der Waals surface area contributed by atoms with Crippen molar-refractivity contribution in [2.45, 2.75) is 19.8 Å². The first-order valence-corrected chi connectivity index (χ1v) is 7.08. The zero-order valence-corrected chi connectivity index (χ0v) is 12.2. The molecule has 0 radical (unpaired) electrons. The van der Waals surface area contributed by atoms with Crippen LogP contribution in [0.15, 0.2) is 42.5 Å². The van der Waals surface area contributed by atoms with Crippen LogP contribution >= 0.6 is 0 Å². The van der Waals surface area contributed by atoms with Crippen LogP contribution in [0.1, 0.15) is 33.5 Å². The van der Waals surface area contributed by atoms with Gasteiger partial charge in [-0.1, -0.05) is 24.3 Å². The molecule has 3 heteroatoms. The smallest absolute Gasteiger partial charge is 0.227 e. The molecule has 1 aliphatic rings. The molecular weight excluding hydrogens is 262 g/mol. The maximum atomic E-state index is 12.6. The summed E-state index contributed by atoms with van der Waals surface area (Å²) >= 11 is 0. The van der Waals surface area contributed by atoms with Gasteiger partial charge < -0.3 is 4.90 Å². The monoisotopic (exact) mass is 279 g/mol. The first-order chi connectivity index (χ1) is 10.1. The van der Waals surface area contributed by atoms with Gasteiger partial charge in [0, 0.05) is 30.3 Å². The van der Waals surface area contributed by atoms with Crippen molar-refractivity contribution in [3.8, 4) is 0 Å². The Morgan fingerprint density at radius 1 is 1.10 bits per heavy atom. The van der Waals surface area contributed by atoms with Crippen LogP contribution in [0.5, 0.6) is 0 Å². The van der Waals surface area contributed by atoms with Gasteiger partial charge in [-0.3, -0.25) is 9.59 Å². The number of aryl methyl sites for hydroxylation is 2.